The number of carboxylic acids is 1. The first-order valence-corrected chi connectivity index (χ1v) is 8.30. The Morgan fingerprint density at radius 3 is 2.61 bits per heavy atom. The molecule has 1 fully saturated rings. The molecule has 0 radical (unpaired) electrons. The highest BCUT2D eigenvalue weighted by molar-refractivity contribution is 9.10. The fourth-order valence-corrected chi connectivity index (χ4v) is 3.21. The normalized spacial score (nSPS) is 16.6. The largest absolute Gasteiger partial charge is 0.483 e. The van der Waals surface area contributed by atoms with Crippen LogP contribution in [0.15, 0.2) is 22.7 Å². The lowest BCUT2D eigenvalue weighted by Crippen LogP contribution is -2.45. The van der Waals surface area contributed by atoms with Crippen molar-refractivity contribution in [2.45, 2.75) is 32.1 Å². The standard InChI is InChI=1S/C16H19BrFNO4/c17-12-8-11(18)4-5-13(12)23-9-14(20)19-10-16(15(21)22)6-2-1-3-7-16/h4-5,8H,1-3,6-7,9-10H2,(H,19,20)(H,21,22). The van der Waals surface area contributed by atoms with Gasteiger partial charge in [0.15, 0.2) is 6.61 Å². The lowest BCUT2D eigenvalue weighted by Gasteiger charge is -2.33. The van der Waals surface area contributed by atoms with Gasteiger partial charge in [-0.05, 0) is 47.0 Å². The Hall–Kier alpha value is -1.63. The molecule has 1 aromatic rings. The number of hydrogen-bond acceptors (Lipinski definition) is 3. The van der Waals surface area contributed by atoms with Gasteiger partial charge in [0.05, 0.1) is 9.89 Å². The van der Waals surface area contributed by atoms with Crippen molar-refractivity contribution in [3.05, 3.63) is 28.5 Å². The molecule has 2 rings (SSSR count). The van der Waals surface area contributed by atoms with Gasteiger partial charge in [0, 0.05) is 6.54 Å². The van der Waals surface area contributed by atoms with Gasteiger partial charge in [-0.25, -0.2) is 4.39 Å². The molecule has 0 unspecified atom stereocenters. The third-order valence-electron chi connectivity index (χ3n) is 4.14. The molecule has 0 bridgehead atoms. The number of carbonyl (C=O) groups excluding carboxylic acids is 1. The summed E-state index contributed by atoms with van der Waals surface area (Å²) in [5.74, 6) is -1.31. The fraction of sp³-hybridized carbons (Fsp3) is 0.500. The number of carbonyl (C=O) groups is 2. The van der Waals surface area contributed by atoms with Crippen LogP contribution in [0.2, 0.25) is 0 Å². The number of benzene rings is 1. The Morgan fingerprint density at radius 2 is 2.00 bits per heavy atom. The van der Waals surface area contributed by atoms with Crippen molar-refractivity contribution in [1.29, 1.82) is 0 Å². The van der Waals surface area contributed by atoms with E-state index in [1.807, 2.05) is 0 Å². The van der Waals surface area contributed by atoms with Crippen LogP contribution in [0, 0.1) is 11.2 Å². The second-order valence-corrected chi connectivity index (χ2v) is 6.64. The van der Waals surface area contributed by atoms with Gasteiger partial charge in [-0.1, -0.05) is 19.3 Å². The summed E-state index contributed by atoms with van der Waals surface area (Å²) in [6.07, 6.45) is 3.91. The van der Waals surface area contributed by atoms with E-state index in [1.54, 1.807) is 0 Å². The van der Waals surface area contributed by atoms with Gasteiger partial charge in [0.25, 0.3) is 5.91 Å². The van der Waals surface area contributed by atoms with Crippen LogP contribution >= 0.6 is 15.9 Å². The SMILES string of the molecule is O=C(COc1ccc(F)cc1Br)NCC1(C(=O)O)CCCCC1. The summed E-state index contributed by atoms with van der Waals surface area (Å²) in [5, 5.41) is 12.1. The van der Waals surface area contributed by atoms with E-state index in [1.165, 1.54) is 18.2 Å². The van der Waals surface area contributed by atoms with E-state index in [4.69, 9.17) is 4.74 Å². The molecule has 0 heterocycles. The van der Waals surface area contributed by atoms with E-state index in [0.29, 0.717) is 23.1 Å². The minimum atomic E-state index is -0.871. The topological polar surface area (TPSA) is 75.6 Å². The summed E-state index contributed by atoms with van der Waals surface area (Å²) in [6, 6.07) is 3.90. The third-order valence-corrected chi connectivity index (χ3v) is 4.76. The zero-order valence-corrected chi connectivity index (χ0v) is 14.2. The zero-order valence-electron chi connectivity index (χ0n) is 12.6. The molecular formula is C16H19BrFNO4. The molecule has 0 saturated heterocycles. The van der Waals surface area contributed by atoms with Crippen LogP contribution in [0.5, 0.6) is 5.75 Å². The molecule has 0 aromatic heterocycles. The molecule has 5 nitrogen and oxygen atoms in total. The number of nitrogens with one attached hydrogen (secondary N) is 1. The summed E-state index contributed by atoms with van der Waals surface area (Å²) >= 11 is 3.15. The average molecular weight is 388 g/mol. The number of ether oxygens (including phenoxy) is 1. The van der Waals surface area contributed by atoms with Crippen LogP contribution in [-0.4, -0.2) is 30.1 Å². The Morgan fingerprint density at radius 1 is 1.30 bits per heavy atom. The summed E-state index contributed by atoms with van der Waals surface area (Å²) in [4.78, 5) is 23.4. The lowest BCUT2D eigenvalue weighted by molar-refractivity contribution is -0.151. The van der Waals surface area contributed by atoms with E-state index in [-0.39, 0.29) is 13.2 Å². The van der Waals surface area contributed by atoms with Crippen molar-refractivity contribution in [3.63, 3.8) is 0 Å². The Bertz CT molecular complexity index is 587. The molecule has 2 N–H and O–H groups in total. The van der Waals surface area contributed by atoms with Gasteiger partial charge in [0.1, 0.15) is 11.6 Å². The van der Waals surface area contributed by atoms with Crippen molar-refractivity contribution in [2.75, 3.05) is 13.2 Å². The van der Waals surface area contributed by atoms with E-state index in [0.717, 1.165) is 19.3 Å². The number of amides is 1. The molecule has 0 spiro atoms. The number of rotatable bonds is 6. The molecule has 1 aliphatic rings. The van der Waals surface area contributed by atoms with E-state index in [2.05, 4.69) is 21.2 Å². The van der Waals surface area contributed by atoms with Gasteiger partial charge in [0.2, 0.25) is 0 Å². The van der Waals surface area contributed by atoms with E-state index < -0.39 is 23.1 Å². The Balaban J connectivity index is 1.85. The van der Waals surface area contributed by atoms with E-state index in [9.17, 15) is 19.1 Å². The lowest BCUT2D eigenvalue weighted by atomic mass is 9.74. The summed E-state index contributed by atoms with van der Waals surface area (Å²) in [5.41, 5.74) is -0.871. The highest BCUT2D eigenvalue weighted by Crippen LogP contribution is 2.36. The summed E-state index contributed by atoms with van der Waals surface area (Å²) in [6.45, 7) is -0.144. The van der Waals surface area contributed by atoms with Crippen LogP contribution in [0.3, 0.4) is 0 Å². The van der Waals surface area contributed by atoms with Gasteiger partial charge in [-0.2, -0.15) is 0 Å². The molecule has 1 saturated carbocycles. The first-order valence-electron chi connectivity index (χ1n) is 7.51. The van der Waals surface area contributed by atoms with E-state index >= 15 is 0 Å². The van der Waals surface area contributed by atoms with Crippen LogP contribution < -0.4 is 10.1 Å². The fourth-order valence-electron chi connectivity index (χ4n) is 2.75. The number of aliphatic carboxylic acids is 1. The van der Waals surface area contributed by atoms with Gasteiger partial charge >= 0.3 is 5.97 Å². The minimum Gasteiger partial charge on any atom is -0.483 e. The summed E-state index contributed by atoms with van der Waals surface area (Å²) in [7, 11) is 0. The van der Waals surface area contributed by atoms with Crippen molar-refractivity contribution >= 4 is 27.8 Å². The minimum absolute atomic E-state index is 0.106. The third kappa shape index (κ3) is 4.67. The van der Waals surface area contributed by atoms with Gasteiger partial charge in [-0.15, -0.1) is 0 Å². The Kier molecular flexibility index (Phi) is 5.98. The highest BCUT2D eigenvalue weighted by Gasteiger charge is 2.39. The molecule has 23 heavy (non-hydrogen) atoms. The predicted octanol–water partition coefficient (Wildman–Crippen LogP) is 3.12. The smallest absolute Gasteiger partial charge is 0.311 e. The van der Waals surface area contributed by atoms with Gasteiger partial charge < -0.3 is 15.2 Å². The van der Waals surface area contributed by atoms with Crippen molar-refractivity contribution in [3.8, 4) is 5.75 Å². The summed E-state index contributed by atoms with van der Waals surface area (Å²) < 4.78 is 18.7. The van der Waals surface area contributed by atoms with Crippen LogP contribution in [0.25, 0.3) is 0 Å². The number of hydrogen-bond donors (Lipinski definition) is 2. The second kappa shape index (κ2) is 7.77. The highest BCUT2D eigenvalue weighted by atomic mass is 79.9. The predicted molar refractivity (Wildman–Crippen MR) is 85.8 cm³/mol. The zero-order chi connectivity index (χ0) is 16.9. The monoisotopic (exact) mass is 387 g/mol. The maximum atomic E-state index is 13.0. The first-order chi connectivity index (χ1) is 10.9. The number of carboxylic acid groups (broad SMARTS) is 1. The molecular weight excluding hydrogens is 369 g/mol. The Labute approximate surface area is 142 Å². The molecule has 126 valence electrons. The molecule has 1 amide bonds. The quantitative estimate of drug-likeness (QED) is 0.785. The van der Waals surface area contributed by atoms with Crippen molar-refractivity contribution in [2.24, 2.45) is 5.41 Å². The van der Waals surface area contributed by atoms with Gasteiger partial charge in [-0.3, -0.25) is 9.59 Å². The van der Waals surface area contributed by atoms with Crippen LogP contribution in [0.1, 0.15) is 32.1 Å². The van der Waals surface area contributed by atoms with Crippen molar-refractivity contribution in [1.82, 2.24) is 5.32 Å². The first kappa shape index (κ1) is 17.7. The maximum absolute atomic E-state index is 13.0. The maximum Gasteiger partial charge on any atom is 0.311 e. The molecule has 1 aliphatic carbocycles. The second-order valence-electron chi connectivity index (χ2n) is 5.79. The molecule has 0 aliphatic heterocycles. The van der Waals surface area contributed by atoms with Crippen LogP contribution in [-0.2, 0) is 9.59 Å². The van der Waals surface area contributed by atoms with Crippen molar-refractivity contribution < 1.29 is 23.8 Å². The molecule has 1 aromatic carbocycles. The average Bonchev–Trinajstić information content (AvgIpc) is 2.53. The number of halogens is 2. The molecule has 0 atom stereocenters. The molecule has 7 heteroatoms. The van der Waals surface area contributed by atoms with Crippen LogP contribution in [0.4, 0.5) is 4.39 Å².